The van der Waals surface area contributed by atoms with Gasteiger partial charge in [-0.05, 0) is 96.8 Å². The Morgan fingerprint density at radius 3 is 2.36 bits per heavy atom. The lowest BCUT2D eigenvalue weighted by molar-refractivity contribution is -0.137. The number of aromatic hydroxyl groups is 1. The average Bonchev–Trinajstić information content (AvgIpc) is 3.69. The number of fused-ring (bicyclic) bond motifs is 2. The zero-order valence-electron chi connectivity index (χ0n) is 29.7. The van der Waals surface area contributed by atoms with Crippen molar-refractivity contribution in [3.8, 4) is 33.4 Å². The maximum absolute atomic E-state index is 13.2. The number of alkyl halides is 3. The number of thiophene rings is 1. The summed E-state index contributed by atoms with van der Waals surface area (Å²) in [5.41, 5.74) is 2.51. The lowest BCUT2D eigenvalue weighted by Crippen LogP contribution is -2.55. The molecule has 0 saturated carbocycles. The number of rotatable bonds is 10. The molecule has 55 heavy (non-hydrogen) atoms. The zero-order valence-corrected chi connectivity index (χ0v) is 30.5. The number of phenolic OH excluding ortho intramolecular Hbond substituents is 1. The second-order valence-corrected chi connectivity index (χ2v) is 15.1. The molecule has 2 unspecified atom stereocenters. The van der Waals surface area contributed by atoms with Gasteiger partial charge in [-0.15, -0.1) is 11.3 Å². The number of aliphatic hydroxyl groups excluding tert-OH is 1. The van der Waals surface area contributed by atoms with Crippen LogP contribution in [-0.4, -0.2) is 83.4 Å². The summed E-state index contributed by atoms with van der Waals surface area (Å²) in [5.74, 6) is 1.50. The van der Waals surface area contributed by atoms with Crippen LogP contribution < -0.4 is 19.7 Å². The predicted octanol–water partition coefficient (Wildman–Crippen LogP) is 7.23. The van der Waals surface area contributed by atoms with Crippen LogP contribution in [0.1, 0.15) is 40.7 Å². The fraction of sp³-hybridized carbons (Fsp3) is 0.317. The van der Waals surface area contributed by atoms with E-state index in [4.69, 9.17) is 9.47 Å². The quantitative estimate of drug-likeness (QED) is 0.128. The molecule has 3 N–H and O–H groups in total. The van der Waals surface area contributed by atoms with Crippen LogP contribution in [0.5, 0.6) is 23.0 Å². The predicted molar refractivity (Wildman–Crippen MR) is 203 cm³/mol. The molecule has 4 aromatic carbocycles. The highest BCUT2D eigenvalue weighted by Gasteiger charge is 2.39. The second kappa shape index (κ2) is 15.1. The Balaban J connectivity index is 0.818. The molecule has 0 radical (unpaired) electrons. The van der Waals surface area contributed by atoms with Gasteiger partial charge in [0.2, 0.25) is 5.91 Å². The highest BCUT2D eigenvalue weighted by Crippen LogP contribution is 2.47. The number of benzene rings is 4. The van der Waals surface area contributed by atoms with E-state index in [1.165, 1.54) is 23.5 Å². The third-order valence-corrected chi connectivity index (χ3v) is 11.6. The van der Waals surface area contributed by atoms with Crippen molar-refractivity contribution in [3.63, 3.8) is 0 Å². The summed E-state index contributed by atoms with van der Waals surface area (Å²) in [4.78, 5) is 31.8. The fourth-order valence-electron chi connectivity index (χ4n) is 7.48. The minimum absolute atomic E-state index is 0.0858. The number of halogens is 3. The number of nitrogens with one attached hydrogen (secondary N) is 1. The van der Waals surface area contributed by atoms with E-state index in [-0.39, 0.29) is 24.0 Å². The molecule has 4 heterocycles. The summed E-state index contributed by atoms with van der Waals surface area (Å²) in [6, 6.07) is 22.6. The van der Waals surface area contributed by atoms with Gasteiger partial charge in [0.25, 0.3) is 5.91 Å². The topological polar surface area (TPSA) is 115 Å². The first-order valence-electron chi connectivity index (χ1n) is 18.2. The Morgan fingerprint density at radius 2 is 1.64 bits per heavy atom. The number of nitrogens with zero attached hydrogens (tertiary/aromatic N) is 3. The van der Waals surface area contributed by atoms with E-state index in [1.807, 2.05) is 24.3 Å². The second-order valence-electron chi connectivity index (χ2n) is 14.0. The Bertz CT molecular complexity index is 2200. The molecule has 0 aliphatic carbocycles. The van der Waals surface area contributed by atoms with Gasteiger partial charge in [-0.3, -0.25) is 14.5 Å². The van der Waals surface area contributed by atoms with Crippen LogP contribution in [0.4, 0.5) is 18.9 Å². The van der Waals surface area contributed by atoms with Gasteiger partial charge in [0, 0.05) is 67.0 Å². The van der Waals surface area contributed by atoms with Crippen molar-refractivity contribution < 1.29 is 42.4 Å². The minimum Gasteiger partial charge on any atom is -0.508 e. The summed E-state index contributed by atoms with van der Waals surface area (Å²) in [6.45, 7) is 5.34. The van der Waals surface area contributed by atoms with Gasteiger partial charge >= 0.3 is 6.18 Å². The molecule has 1 aromatic heterocycles. The summed E-state index contributed by atoms with van der Waals surface area (Å²) >= 11 is 1.33. The Kier molecular flexibility index (Phi) is 10.1. The Hall–Kier alpha value is -5.31. The van der Waals surface area contributed by atoms with Crippen LogP contribution in [0.25, 0.3) is 20.5 Å². The van der Waals surface area contributed by atoms with E-state index >= 15 is 0 Å². The maximum Gasteiger partial charge on any atom is 0.416 e. The van der Waals surface area contributed by atoms with Crippen molar-refractivity contribution in [1.29, 1.82) is 0 Å². The fourth-order valence-corrected chi connectivity index (χ4v) is 8.65. The maximum atomic E-state index is 13.2. The molecule has 0 spiro atoms. The molecule has 5 aromatic rings. The van der Waals surface area contributed by atoms with Crippen LogP contribution >= 0.6 is 11.3 Å². The lowest BCUT2D eigenvalue weighted by Gasteiger charge is -2.36. The van der Waals surface area contributed by atoms with E-state index in [0.717, 1.165) is 72.6 Å². The van der Waals surface area contributed by atoms with Crippen LogP contribution in [0.2, 0.25) is 0 Å². The molecule has 2 fully saturated rings. The molecule has 14 heteroatoms. The molecular weight excluding hydrogens is 734 g/mol. The first-order chi connectivity index (χ1) is 26.5. The van der Waals surface area contributed by atoms with Crippen molar-refractivity contribution in [3.05, 3.63) is 102 Å². The monoisotopic (exact) mass is 772 g/mol. The van der Waals surface area contributed by atoms with E-state index in [9.17, 15) is 33.0 Å². The molecule has 2 amide bonds. The summed E-state index contributed by atoms with van der Waals surface area (Å²) in [6.07, 6.45) is -3.93. The van der Waals surface area contributed by atoms with Gasteiger partial charge in [-0.1, -0.05) is 12.1 Å². The normalized spacial score (nSPS) is 19.1. The molecule has 2 saturated heterocycles. The van der Waals surface area contributed by atoms with Gasteiger partial charge in [0.05, 0.1) is 23.1 Å². The number of piperazine rings is 1. The minimum atomic E-state index is -4.44. The van der Waals surface area contributed by atoms with Crippen LogP contribution in [0, 0.1) is 0 Å². The number of hydrogen-bond acceptors (Lipinski definition) is 9. The smallest absolute Gasteiger partial charge is 0.416 e. The van der Waals surface area contributed by atoms with Crippen molar-refractivity contribution in [2.45, 2.75) is 44.3 Å². The summed E-state index contributed by atoms with van der Waals surface area (Å²) < 4.78 is 52.7. The van der Waals surface area contributed by atoms with Gasteiger partial charge < -0.3 is 34.8 Å². The van der Waals surface area contributed by atoms with E-state index in [2.05, 4.69) is 21.2 Å². The van der Waals surface area contributed by atoms with Gasteiger partial charge in [-0.2, -0.15) is 13.2 Å². The first-order valence-corrected chi connectivity index (χ1v) is 19.0. The van der Waals surface area contributed by atoms with Gasteiger partial charge in [0.1, 0.15) is 23.5 Å². The largest absolute Gasteiger partial charge is 0.508 e. The van der Waals surface area contributed by atoms with Gasteiger partial charge in [-0.25, -0.2) is 0 Å². The highest BCUT2D eigenvalue weighted by molar-refractivity contribution is 7.22. The molecule has 3 aliphatic heterocycles. The molecule has 2 atom stereocenters. The summed E-state index contributed by atoms with van der Waals surface area (Å²) in [7, 11) is 0. The zero-order chi connectivity index (χ0) is 38.3. The molecule has 8 rings (SSSR count). The number of aliphatic hydroxyl groups is 1. The molecular formula is C41H39F3N4O6S. The number of carbonyl (C=O) groups excluding carboxylic acids is 2. The molecule has 10 nitrogen and oxygen atoms in total. The summed E-state index contributed by atoms with van der Waals surface area (Å²) in [5, 5.41) is 23.7. The number of hydrogen-bond donors (Lipinski definition) is 3. The van der Waals surface area contributed by atoms with Crippen molar-refractivity contribution in [1.82, 2.24) is 15.1 Å². The number of carbonyl (C=O) groups is 2. The molecule has 0 bridgehead atoms. The number of phenols is 1. The lowest BCUT2D eigenvalue weighted by atomic mass is 10.0. The van der Waals surface area contributed by atoms with Crippen molar-refractivity contribution in [2.75, 3.05) is 44.2 Å². The third kappa shape index (κ3) is 7.80. The third-order valence-electron chi connectivity index (χ3n) is 10.4. The Labute approximate surface area is 319 Å². The van der Waals surface area contributed by atoms with Crippen molar-refractivity contribution in [2.24, 2.45) is 0 Å². The standard InChI is InChI=1S/C41H39F3N4O6S/c42-41(43,44)27-4-2-25(3-5-27)38-37(33-13-7-29(49)23-35(33)55-38)54-31-10-8-30(9-11-31)53-21-1-16-46-17-19-47(20-18-46)28-6-12-32-26(22-28)24-48(40(32)52)34-14-15-36(50)45-39(34)51/h2-13,22-23,34,39,49,51H,1,14-21,24H2,(H,45,50). The number of anilines is 1. The van der Waals surface area contributed by atoms with E-state index in [0.29, 0.717) is 52.8 Å². The van der Waals surface area contributed by atoms with Crippen LogP contribution in [0.15, 0.2) is 84.9 Å². The number of amides is 2. The van der Waals surface area contributed by atoms with E-state index in [1.54, 1.807) is 35.2 Å². The number of ether oxygens (including phenoxy) is 2. The van der Waals surface area contributed by atoms with E-state index < -0.39 is 24.0 Å². The Morgan fingerprint density at radius 1 is 0.891 bits per heavy atom. The average molecular weight is 773 g/mol. The molecule has 3 aliphatic rings. The van der Waals surface area contributed by atoms with Gasteiger partial charge in [0.15, 0.2) is 5.75 Å². The van der Waals surface area contributed by atoms with Crippen molar-refractivity contribution >= 4 is 38.9 Å². The highest BCUT2D eigenvalue weighted by atomic mass is 32.1. The van der Waals surface area contributed by atoms with Crippen LogP contribution in [0.3, 0.4) is 0 Å². The first kappa shape index (κ1) is 36.7. The molecule has 286 valence electrons. The number of piperidine rings is 1. The SMILES string of the molecule is O=C1CCC(N2Cc3cc(N4CCN(CCCOc5ccc(Oc6c(-c7ccc(C(F)(F)F)cc7)sc7cc(O)ccc67)cc5)CC4)ccc3C2=O)C(O)N1. The van der Waals surface area contributed by atoms with Crippen LogP contribution in [-0.2, 0) is 17.5 Å².